The minimum absolute atomic E-state index is 0.126. The first-order valence-corrected chi connectivity index (χ1v) is 10.8. The lowest BCUT2D eigenvalue weighted by Gasteiger charge is -2.23. The van der Waals surface area contributed by atoms with Gasteiger partial charge >= 0.3 is 12.1 Å². The quantitative estimate of drug-likeness (QED) is 0.415. The molecule has 2 aromatic carbocycles. The van der Waals surface area contributed by atoms with Gasteiger partial charge in [0, 0.05) is 12.0 Å². The predicted octanol–water partition coefficient (Wildman–Crippen LogP) is 4.50. The van der Waals surface area contributed by atoms with E-state index in [2.05, 4.69) is 15.4 Å². The fourth-order valence-electron chi connectivity index (χ4n) is 2.89. The number of alkyl carbamates (subject to hydrolysis) is 1. The number of methoxy groups -OCH3 is 1. The summed E-state index contributed by atoms with van der Waals surface area (Å²) in [6.07, 6.45) is -1.22. The van der Waals surface area contributed by atoms with Crippen molar-refractivity contribution in [3.8, 4) is 0 Å². The van der Waals surface area contributed by atoms with E-state index in [1.54, 1.807) is 39.0 Å². The van der Waals surface area contributed by atoms with Gasteiger partial charge in [-0.05, 0) is 39.3 Å². The van der Waals surface area contributed by atoms with Gasteiger partial charge in [0.15, 0.2) is 11.6 Å². The van der Waals surface area contributed by atoms with Crippen LogP contribution in [0.3, 0.4) is 0 Å². The molecule has 0 heterocycles. The van der Waals surface area contributed by atoms with Crippen LogP contribution < -0.4 is 10.6 Å². The molecule has 34 heavy (non-hydrogen) atoms. The van der Waals surface area contributed by atoms with Crippen LogP contribution in [-0.2, 0) is 19.1 Å². The van der Waals surface area contributed by atoms with Gasteiger partial charge in [0.05, 0.1) is 23.4 Å². The minimum atomic E-state index is -1.25. The molecule has 2 N–H and O–H groups in total. The number of anilines is 1. The molecule has 0 aliphatic carbocycles. The fraction of sp³-hybridized carbons (Fsp3) is 0.333. The van der Waals surface area contributed by atoms with Crippen LogP contribution >= 0.6 is 11.6 Å². The zero-order chi connectivity index (χ0) is 25.5. The van der Waals surface area contributed by atoms with E-state index < -0.39 is 46.8 Å². The van der Waals surface area contributed by atoms with Crippen molar-refractivity contribution in [3.05, 3.63) is 64.4 Å². The standard InChI is InChI=1S/C24H26ClFN2O6/c1-24(2,3)34-23(32)28-17(12-13-18(29)33-4)22(31)27-16-11-10-15(25)19(20(16)26)21(30)14-8-6-5-7-9-14/h5-11,17H,12-13H2,1-4H3,(H,27,31)(H,28,32). The first kappa shape index (κ1) is 26.8. The Balaban J connectivity index is 2.28. The highest BCUT2D eigenvalue weighted by molar-refractivity contribution is 6.35. The predicted molar refractivity (Wildman–Crippen MR) is 124 cm³/mol. The first-order chi connectivity index (χ1) is 15.9. The molecule has 2 amide bonds. The Hall–Kier alpha value is -3.46. The van der Waals surface area contributed by atoms with Crippen LogP contribution in [-0.4, -0.2) is 42.5 Å². The van der Waals surface area contributed by atoms with Crippen molar-refractivity contribution in [1.82, 2.24) is 5.32 Å². The molecule has 0 saturated carbocycles. The molecule has 2 aromatic rings. The number of carbonyl (C=O) groups excluding carboxylic acids is 4. The van der Waals surface area contributed by atoms with Crippen molar-refractivity contribution in [2.75, 3.05) is 12.4 Å². The Bertz CT molecular complexity index is 1070. The topological polar surface area (TPSA) is 111 Å². The van der Waals surface area contributed by atoms with Gasteiger partial charge in [0.25, 0.3) is 0 Å². The van der Waals surface area contributed by atoms with Crippen LogP contribution in [0.2, 0.25) is 5.02 Å². The summed E-state index contributed by atoms with van der Waals surface area (Å²) in [7, 11) is 1.19. The SMILES string of the molecule is COC(=O)CCC(NC(=O)OC(C)(C)C)C(=O)Nc1ccc(Cl)c(C(=O)c2ccccc2)c1F. The Morgan fingerprint density at radius 3 is 2.29 bits per heavy atom. The maximum Gasteiger partial charge on any atom is 0.408 e. The summed E-state index contributed by atoms with van der Waals surface area (Å²) in [4.78, 5) is 49.4. The highest BCUT2D eigenvalue weighted by Gasteiger charge is 2.27. The third kappa shape index (κ3) is 7.55. The van der Waals surface area contributed by atoms with Crippen molar-refractivity contribution in [3.63, 3.8) is 0 Å². The van der Waals surface area contributed by atoms with E-state index in [1.807, 2.05) is 0 Å². The number of ketones is 1. The smallest absolute Gasteiger partial charge is 0.408 e. The van der Waals surface area contributed by atoms with Gasteiger partial charge < -0.3 is 20.1 Å². The van der Waals surface area contributed by atoms with Gasteiger partial charge in [-0.3, -0.25) is 14.4 Å². The van der Waals surface area contributed by atoms with Crippen LogP contribution in [0.5, 0.6) is 0 Å². The number of hydrogen-bond acceptors (Lipinski definition) is 6. The van der Waals surface area contributed by atoms with E-state index in [0.29, 0.717) is 0 Å². The molecule has 0 radical (unpaired) electrons. The van der Waals surface area contributed by atoms with Crippen molar-refractivity contribution in [2.45, 2.75) is 45.3 Å². The summed E-state index contributed by atoms with van der Waals surface area (Å²) in [5.41, 5.74) is -1.34. The zero-order valence-electron chi connectivity index (χ0n) is 19.2. The number of halogens is 2. The lowest BCUT2D eigenvalue weighted by molar-refractivity contribution is -0.140. The average Bonchev–Trinajstić information content (AvgIpc) is 2.77. The molecule has 0 spiro atoms. The highest BCUT2D eigenvalue weighted by atomic mass is 35.5. The molecule has 1 atom stereocenters. The van der Waals surface area contributed by atoms with Crippen LogP contribution in [0.25, 0.3) is 0 Å². The molecule has 0 aliphatic rings. The summed E-state index contributed by atoms with van der Waals surface area (Å²) >= 11 is 6.08. The molecule has 0 aliphatic heterocycles. The summed E-state index contributed by atoms with van der Waals surface area (Å²) in [6.45, 7) is 4.93. The molecule has 0 bridgehead atoms. The second-order valence-electron chi connectivity index (χ2n) is 8.28. The van der Waals surface area contributed by atoms with E-state index in [-0.39, 0.29) is 29.1 Å². The summed E-state index contributed by atoms with van der Waals surface area (Å²) in [5, 5.41) is 4.59. The average molecular weight is 493 g/mol. The number of carbonyl (C=O) groups is 4. The van der Waals surface area contributed by atoms with Gasteiger partial charge in [0.1, 0.15) is 11.6 Å². The third-order valence-corrected chi connectivity index (χ3v) is 4.80. The summed E-state index contributed by atoms with van der Waals surface area (Å²) in [6, 6.07) is 9.20. The summed E-state index contributed by atoms with van der Waals surface area (Å²) in [5.74, 6) is -3.11. The number of benzene rings is 2. The largest absolute Gasteiger partial charge is 0.469 e. The molecule has 0 saturated heterocycles. The van der Waals surface area contributed by atoms with Gasteiger partial charge in [-0.2, -0.15) is 0 Å². The molecule has 182 valence electrons. The summed E-state index contributed by atoms with van der Waals surface area (Å²) < 4.78 is 25.0. The van der Waals surface area contributed by atoms with Crippen LogP contribution in [0.15, 0.2) is 42.5 Å². The molecule has 1 unspecified atom stereocenters. The van der Waals surface area contributed by atoms with E-state index in [1.165, 1.54) is 31.4 Å². The van der Waals surface area contributed by atoms with Crippen LogP contribution in [0, 0.1) is 5.82 Å². The molecular weight excluding hydrogens is 467 g/mol. The Kier molecular flexibility index (Phi) is 9.14. The monoisotopic (exact) mass is 492 g/mol. The number of nitrogens with one attached hydrogen (secondary N) is 2. The number of ether oxygens (including phenoxy) is 2. The lowest BCUT2D eigenvalue weighted by atomic mass is 10.0. The van der Waals surface area contributed by atoms with Crippen molar-refractivity contribution < 1.29 is 33.0 Å². The second-order valence-corrected chi connectivity index (χ2v) is 8.69. The lowest BCUT2D eigenvalue weighted by Crippen LogP contribution is -2.46. The molecule has 10 heteroatoms. The molecule has 0 fully saturated rings. The van der Waals surface area contributed by atoms with Gasteiger partial charge in [0.2, 0.25) is 5.91 Å². The number of hydrogen-bond donors (Lipinski definition) is 2. The molecule has 0 aromatic heterocycles. The Morgan fingerprint density at radius 2 is 1.71 bits per heavy atom. The molecular formula is C24H26ClFN2O6. The molecule has 8 nitrogen and oxygen atoms in total. The second kappa shape index (κ2) is 11.6. The zero-order valence-corrected chi connectivity index (χ0v) is 20.0. The van der Waals surface area contributed by atoms with Crippen molar-refractivity contribution in [1.29, 1.82) is 0 Å². The fourth-order valence-corrected chi connectivity index (χ4v) is 3.13. The normalized spacial score (nSPS) is 11.8. The molecule has 2 rings (SSSR count). The van der Waals surface area contributed by atoms with E-state index >= 15 is 4.39 Å². The Morgan fingerprint density at radius 1 is 1.06 bits per heavy atom. The van der Waals surface area contributed by atoms with Crippen LogP contribution in [0.4, 0.5) is 14.9 Å². The van der Waals surface area contributed by atoms with Gasteiger partial charge in [-0.25, -0.2) is 9.18 Å². The van der Waals surface area contributed by atoms with Crippen molar-refractivity contribution in [2.24, 2.45) is 0 Å². The van der Waals surface area contributed by atoms with E-state index in [4.69, 9.17) is 16.3 Å². The van der Waals surface area contributed by atoms with E-state index in [9.17, 15) is 19.2 Å². The number of esters is 1. The number of amides is 2. The van der Waals surface area contributed by atoms with Crippen molar-refractivity contribution >= 4 is 41.0 Å². The maximum atomic E-state index is 15.2. The van der Waals surface area contributed by atoms with Gasteiger partial charge in [-0.15, -0.1) is 0 Å². The van der Waals surface area contributed by atoms with Gasteiger partial charge in [-0.1, -0.05) is 41.9 Å². The number of rotatable bonds is 8. The van der Waals surface area contributed by atoms with Crippen LogP contribution in [0.1, 0.15) is 49.5 Å². The first-order valence-electron chi connectivity index (χ1n) is 10.4. The van der Waals surface area contributed by atoms with E-state index in [0.717, 1.165) is 0 Å². The highest BCUT2D eigenvalue weighted by Crippen LogP contribution is 2.28. The minimum Gasteiger partial charge on any atom is -0.469 e. The maximum absolute atomic E-state index is 15.2. The Labute approximate surface area is 201 Å². The third-order valence-electron chi connectivity index (χ3n) is 4.48.